The highest BCUT2D eigenvalue weighted by Gasteiger charge is 2.45. The molecule has 0 bridgehead atoms. The standard InChI is InChI=1S/C16H22N2O4.ClH/c1-17-8-10-18(11-9-17)13-5-3-4-12-6-7-16(21-2,15(19)20)22-14(12)13;/h3-5H,6-11H2,1-2H3,(H,19,20);1H. The summed E-state index contributed by atoms with van der Waals surface area (Å²) in [5, 5.41) is 9.48. The van der Waals surface area contributed by atoms with Crippen molar-refractivity contribution in [3.63, 3.8) is 0 Å². The number of benzene rings is 1. The van der Waals surface area contributed by atoms with Crippen LogP contribution in [0, 0.1) is 0 Å². The van der Waals surface area contributed by atoms with Gasteiger partial charge in [-0.3, -0.25) is 0 Å². The van der Waals surface area contributed by atoms with Crippen molar-refractivity contribution >= 4 is 24.1 Å². The zero-order valence-corrected chi connectivity index (χ0v) is 14.3. The maximum Gasteiger partial charge on any atom is 0.377 e. The van der Waals surface area contributed by atoms with Gasteiger partial charge < -0.3 is 24.4 Å². The molecule has 1 atom stereocenters. The Balaban J connectivity index is 0.00000192. The van der Waals surface area contributed by atoms with Crippen LogP contribution in [0.3, 0.4) is 0 Å². The summed E-state index contributed by atoms with van der Waals surface area (Å²) >= 11 is 0. The van der Waals surface area contributed by atoms with Gasteiger partial charge in [0.15, 0.2) is 0 Å². The Labute approximate surface area is 142 Å². The smallest absolute Gasteiger partial charge is 0.377 e. The summed E-state index contributed by atoms with van der Waals surface area (Å²) in [5.74, 6) is -1.99. The second kappa shape index (κ2) is 6.95. The van der Waals surface area contributed by atoms with Gasteiger partial charge in [0, 0.05) is 39.7 Å². The predicted molar refractivity (Wildman–Crippen MR) is 89.7 cm³/mol. The molecule has 1 aromatic rings. The lowest BCUT2D eigenvalue weighted by atomic mass is 9.98. The summed E-state index contributed by atoms with van der Waals surface area (Å²) in [6.07, 6.45) is 0.953. The van der Waals surface area contributed by atoms with Crippen molar-refractivity contribution in [3.8, 4) is 5.75 Å². The number of para-hydroxylation sites is 1. The van der Waals surface area contributed by atoms with Gasteiger partial charge in [0.2, 0.25) is 0 Å². The minimum atomic E-state index is -1.57. The maximum atomic E-state index is 11.6. The molecule has 0 spiro atoms. The van der Waals surface area contributed by atoms with Crippen molar-refractivity contribution in [3.05, 3.63) is 23.8 Å². The first kappa shape index (κ1) is 17.8. The Morgan fingerprint density at radius 1 is 1.30 bits per heavy atom. The van der Waals surface area contributed by atoms with Crippen LogP contribution in [0.4, 0.5) is 5.69 Å². The highest BCUT2D eigenvalue weighted by atomic mass is 35.5. The molecule has 6 nitrogen and oxygen atoms in total. The predicted octanol–water partition coefficient (Wildman–Crippen LogP) is 1.61. The van der Waals surface area contributed by atoms with Gasteiger partial charge in [0.05, 0.1) is 5.69 Å². The Morgan fingerprint density at radius 3 is 2.61 bits per heavy atom. The number of halogens is 1. The van der Waals surface area contributed by atoms with Gasteiger partial charge in [0.25, 0.3) is 0 Å². The third-order valence-corrected chi connectivity index (χ3v) is 4.57. The van der Waals surface area contributed by atoms with E-state index in [1.54, 1.807) is 0 Å². The highest BCUT2D eigenvalue weighted by molar-refractivity contribution is 5.85. The van der Waals surface area contributed by atoms with Crippen molar-refractivity contribution in [2.45, 2.75) is 18.6 Å². The first-order valence-corrected chi connectivity index (χ1v) is 7.59. The van der Waals surface area contributed by atoms with Crippen LogP contribution in [0.15, 0.2) is 18.2 Å². The lowest BCUT2D eigenvalue weighted by Crippen LogP contribution is -2.50. The molecule has 3 rings (SSSR count). The molecule has 2 aliphatic rings. The summed E-state index contributed by atoms with van der Waals surface area (Å²) in [7, 11) is 3.49. The number of likely N-dealkylation sites (N-methyl/N-ethyl adjacent to an activating group) is 1. The third kappa shape index (κ3) is 3.24. The van der Waals surface area contributed by atoms with Crippen LogP contribution in [-0.2, 0) is 16.0 Å². The van der Waals surface area contributed by atoms with E-state index in [-0.39, 0.29) is 12.4 Å². The number of rotatable bonds is 3. The average molecular weight is 343 g/mol. The summed E-state index contributed by atoms with van der Waals surface area (Å²) in [5.41, 5.74) is 2.01. The minimum absolute atomic E-state index is 0. The quantitative estimate of drug-likeness (QED) is 0.900. The lowest BCUT2D eigenvalue weighted by Gasteiger charge is -2.39. The largest absolute Gasteiger partial charge is 0.476 e. The molecule has 0 saturated carbocycles. The monoisotopic (exact) mass is 342 g/mol. The van der Waals surface area contributed by atoms with Crippen molar-refractivity contribution in [1.29, 1.82) is 0 Å². The van der Waals surface area contributed by atoms with E-state index in [0.717, 1.165) is 37.4 Å². The van der Waals surface area contributed by atoms with E-state index in [1.165, 1.54) is 7.11 Å². The summed E-state index contributed by atoms with van der Waals surface area (Å²) in [4.78, 5) is 16.1. The number of aliphatic carboxylic acids is 1. The van der Waals surface area contributed by atoms with Crippen LogP contribution in [-0.4, -0.2) is 62.1 Å². The molecule has 0 aliphatic carbocycles. The zero-order chi connectivity index (χ0) is 15.7. The average Bonchev–Trinajstić information content (AvgIpc) is 2.54. The first-order valence-electron chi connectivity index (χ1n) is 7.59. The fourth-order valence-electron chi connectivity index (χ4n) is 3.08. The molecule has 1 fully saturated rings. The van der Waals surface area contributed by atoms with E-state index in [9.17, 15) is 9.90 Å². The van der Waals surface area contributed by atoms with Gasteiger partial charge in [-0.1, -0.05) is 12.1 Å². The van der Waals surface area contributed by atoms with Crippen molar-refractivity contribution in [1.82, 2.24) is 4.90 Å². The Hall–Kier alpha value is -1.50. The van der Waals surface area contributed by atoms with E-state index >= 15 is 0 Å². The molecule has 0 amide bonds. The SMILES string of the molecule is COC1(C(=O)O)CCc2cccc(N3CCN(C)CC3)c2O1.Cl. The fraction of sp³-hybridized carbons (Fsp3) is 0.562. The first-order chi connectivity index (χ1) is 10.6. The molecular formula is C16H23ClN2O4. The number of hydrogen-bond acceptors (Lipinski definition) is 5. The van der Waals surface area contributed by atoms with E-state index in [0.29, 0.717) is 18.6 Å². The number of fused-ring (bicyclic) bond motifs is 1. The number of carboxylic acid groups (broad SMARTS) is 1. The molecule has 128 valence electrons. The number of carboxylic acids is 1. The molecule has 2 heterocycles. The third-order valence-electron chi connectivity index (χ3n) is 4.57. The van der Waals surface area contributed by atoms with Crippen LogP contribution in [0.25, 0.3) is 0 Å². The van der Waals surface area contributed by atoms with E-state index in [2.05, 4.69) is 16.8 Å². The number of hydrogen-bond donors (Lipinski definition) is 1. The molecule has 1 N–H and O–H groups in total. The van der Waals surface area contributed by atoms with Crippen LogP contribution in [0.2, 0.25) is 0 Å². The fourth-order valence-corrected chi connectivity index (χ4v) is 3.08. The molecule has 1 unspecified atom stereocenters. The molecule has 2 aliphatic heterocycles. The van der Waals surface area contributed by atoms with Crippen molar-refractivity contribution in [2.24, 2.45) is 0 Å². The lowest BCUT2D eigenvalue weighted by molar-refractivity contribution is -0.208. The number of methoxy groups -OCH3 is 1. The maximum absolute atomic E-state index is 11.6. The van der Waals surface area contributed by atoms with Crippen LogP contribution >= 0.6 is 12.4 Å². The number of nitrogens with zero attached hydrogens (tertiary/aromatic N) is 2. The van der Waals surface area contributed by atoms with Gasteiger partial charge in [-0.15, -0.1) is 12.4 Å². The normalized spacial score (nSPS) is 24.3. The molecule has 1 saturated heterocycles. The number of aryl methyl sites for hydroxylation is 1. The Bertz CT molecular complexity index is 575. The molecule has 23 heavy (non-hydrogen) atoms. The summed E-state index contributed by atoms with van der Waals surface area (Å²) in [6, 6.07) is 6.00. The number of anilines is 1. The molecule has 1 aromatic carbocycles. The molecular weight excluding hydrogens is 320 g/mol. The van der Waals surface area contributed by atoms with Gasteiger partial charge in [-0.05, 0) is 25.1 Å². The second-order valence-electron chi connectivity index (χ2n) is 5.92. The molecule has 0 radical (unpaired) electrons. The number of piperazine rings is 1. The molecule has 0 aromatic heterocycles. The van der Waals surface area contributed by atoms with Gasteiger partial charge in [-0.2, -0.15) is 0 Å². The van der Waals surface area contributed by atoms with E-state index in [4.69, 9.17) is 9.47 Å². The zero-order valence-electron chi connectivity index (χ0n) is 13.4. The van der Waals surface area contributed by atoms with Crippen molar-refractivity contribution < 1.29 is 19.4 Å². The van der Waals surface area contributed by atoms with E-state index < -0.39 is 11.8 Å². The number of ether oxygens (including phenoxy) is 2. The topological polar surface area (TPSA) is 62.2 Å². The van der Waals surface area contributed by atoms with Gasteiger partial charge in [0.1, 0.15) is 5.75 Å². The van der Waals surface area contributed by atoms with Crippen LogP contribution < -0.4 is 9.64 Å². The Kier molecular flexibility index (Phi) is 5.39. The van der Waals surface area contributed by atoms with Gasteiger partial charge >= 0.3 is 11.8 Å². The van der Waals surface area contributed by atoms with E-state index in [1.807, 2.05) is 18.2 Å². The number of carbonyl (C=O) groups is 1. The summed E-state index contributed by atoms with van der Waals surface area (Å²) < 4.78 is 11.1. The Morgan fingerprint density at radius 2 is 2.00 bits per heavy atom. The minimum Gasteiger partial charge on any atom is -0.476 e. The van der Waals surface area contributed by atoms with Crippen LogP contribution in [0.5, 0.6) is 5.75 Å². The van der Waals surface area contributed by atoms with Crippen molar-refractivity contribution in [2.75, 3.05) is 45.2 Å². The summed E-state index contributed by atoms with van der Waals surface area (Å²) in [6.45, 7) is 3.78. The second-order valence-corrected chi connectivity index (χ2v) is 5.92. The van der Waals surface area contributed by atoms with Crippen LogP contribution in [0.1, 0.15) is 12.0 Å². The van der Waals surface area contributed by atoms with Gasteiger partial charge in [-0.25, -0.2) is 4.79 Å². The molecule has 7 heteroatoms. The highest BCUT2D eigenvalue weighted by Crippen LogP contribution is 2.41.